The Morgan fingerprint density at radius 1 is 1.59 bits per heavy atom. The maximum absolute atomic E-state index is 11.6. The summed E-state index contributed by atoms with van der Waals surface area (Å²) in [5.74, 6) is 0.915. The van der Waals surface area contributed by atoms with Crippen molar-refractivity contribution in [1.82, 2.24) is 9.78 Å². The molecule has 2 heterocycles. The van der Waals surface area contributed by atoms with E-state index < -0.39 is 0 Å². The zero-order valence-corrected chi connectivity index (χ0v) is 9.98. The van der Waals surface area contributed by atoms with Crippen LogP contribution in [-0.4, -0.2) is 9.78 Å². The Morgan fingerprint density at radius 3 is 3.06 bits per heavy atom. The van der Waals surface area contributed by atoms with E-state index in [4.69, 9.17) is 20.8 Å². The highest BCUT2D eigenvalue weighted by Gasteiger charge is 2.10. The van der Waals surface area contributed by atoms with Gasteiger partial charge in [0.05, 0.1) is 12.5 Å². The molecule has 2 aromatic heterocycles. The van der Waals surface area contributed by atoms with Crippen LogP contribution in [0.4, 0.5) is 0 Å². The van der Waals surface area contributed by atoms with Gasteiger partial charge >= 0.3 is 0 Å². The van der Waals surface area contributed by atoms with Gasteiger partial charge in [-0.05, 0) is 19.1 Å². The van der Waals surface area contributed by atoms with Gasteiger partial charge < -0.3 is 9.15 Å². The Morgan fingerprint density at radius 2 is 2.41 bits per heavy atom. The van der Waals surface area contributed by atoms with Crippen molar-refractivity contribution in [3.05, 3.63) is 45.7 Å². The Kier molecular flexibility index (Phi) is 3.49. The van der Waals surface area contributed by atoms with E-state index in [2.05, 4.69) is 5.10 Å². The fourth-order valence-corrected chi connectivity index (χ4v) is 1.52. The molecule has 90 valence electrons. The van der Waals surface area contributed by atoms with Crippen LogP contribution in [0.5, 0.6) is 5.75 Å². The third kappa shape index (κ3) is 2.50. The number of hydrogen-bond acceptors (Lipinski definition) is 4. The van der Waals surface area contributed by atoms with E-state index in [9.17, 15) is 4.79 Å². The molecule has 6 heteroatoms. The minimum absolute atomic E-state index is 0.0356. The predicted molar refractivity (Wildman–Crippen MR) is 62.2 cm³/mol. The van der Waals surface area contributed by atoms with E-state index >= 15 is 0 Å². The molecule has 0 bridgehead atoms. The lowest BCUT2D eigenvalue weighted by Crippen LogP contribution is -2.22. The summed E-state index contributed by atoms with van der Waals surface area (Å²) in [4.78, 5) is 11.6. The van der Waals surface area contributed by atoms with Crippen molar-refractivity contribution in [3.8, 4) is 5.75 Å². The molecule has 2 rings (SSSR count). The molecule has 0 N–H and O–H groups in total. The minimum Gasteiger partial charge on any atom is -0.482 e. The molecule has 0 aromatic carbocycles. The van der Waals surface area contributed by atoms with Gasteiger partial charge in [-0.25, -0.2) is 4.68 Å². The van der Waals surface area contributed by atoms with Crippen LogP contribution in [0.15, 0.2) is 33.8 Å². The lowest BCUT2D eigenvalue weighted by atomic mass is 10.4. The van der Waals surface area contributed by atoms with Crippen LogP contribution in [0, 0.1) is 0 Å². The highest BCUT2D eigenvalue weighted by Crippen LogP contribution is 2.19. The highest BCUT2D eigenvalue weighted by molar-refractivity contribution is 6.31. The van der Waals surface area contributed by atoms with Crippen LogP contribution in [-0.2, 0) is 13.2 Å². The van der Waals surface area contributed by atoms with E-state index in [0.29, 0.717) is 12.3 Å². The highest BCUT2D eigenvalue weighted by atomic mass is 35.5. The molecule has 5 nitrogen and oxygen atoms in total. The molecule has 0 aliphatic heterocycles. The number of rotatable bonds is 4. The SMILES string of the molecule is CCn1ncc(OCc2ccco2)c(Cl)c1=O. The van der Waals surface area contributed by atoms with Gasteiger partial charge in [0.1, 0.15) is 12.4 Å². The fourth-order valence-electron chi connectivity index (χ4n) is 1.32. The standard InChI is InChI=1S/C11H11ClN2O3/c1-2-14-11(15)10(12)9(6-13-14)17-7-8-4-3-5-16-8/h3-6H,2,7H2,1H3. The normalized spacial score (nSPS) is 10.5. The van der Waals surface area contributed by atoms with Crippen molar-refractivity contribution in [3.63, 3.8) is 0 Å². The predicted octanol–water partition coefficient (Wildman–Crippen LogP) is 2.09. The van der Waals surface area contributed by atoms with E-state index in [-0.39, 0.29) is 22.9 Å². The van der Waals surface area contributed by atoms with E-state index in [1.54, 1.807) is 18.4 Å². The third-order valence-corrected chi connectivity index (χ3v) is 2.55. The first kappa shape index (κ1) is 11.7. The van der Waals surface area contributed by atoms with Crippen molar-refractivity contribution in [2.45, 2.75) is 20.1 Å². The third-order valence-electron chi connectivity index (χ3n) is 2.20. The van der Waals surface area contributed by atoms with Gasteiger partial charge in [0.2, 0.25) is 0 Å². The first-order chi connectivity index (χ1) is 8.22. The van der Waals surface area contributed by atoms with Gasteiger partial charge in [-0.2, -0.15) is 5.10 Å². The Bertz CT molecular complexity index is 548. The van der Waals surface area contributed by atoms with Gasteiger partial charge in [-0.15, -0.1) is 0 Å². The summed E-state index contributed by atoms with van der Waals surface area (Å²) in [5.41, 5.74) is -0.355. The summed E-state index contributed by atoms with van der Waals surface area (Å²) >= 11 is 5.89. The van der Waals surface area contributed by atoms with Crippen molar-refractivity contribution >= 4 is 11.6 Å². The molecule has 0 aliphatic carbocycles. The molecule has 0 atom stereocenters. The zero-order chi connectivity index (χ0) is 12.3. The van der Waals surface area contributed by atoms with Crippen molar-refractivity contribution < 1.29 is 9.15 Å². The molecule has 0 aliphatic rings. The van der Waals surface area contributed by atoms with Crippen LogP contribution < -0.4 is 10.3 Å². The fraction of sp³-hybridized carbons (Fsp3) is 0.273. The first-order valence-electron chi connectivity index (χ1n) is 5.13. The molecule has 0 spiro atoms. The largest absolute Gasteiger partial charge is 0.482 e. The average Bonchev–Trinajstić information content (AvgIpc) is 2.84. The number of furan rings is 1. The van der Waals surface area contributed by atoms with Crippen LogP contribution >= 0.6 is 11.6 Å². The Balaban J connectivity index is 2.17. The molecular weight excluding hydrogens is 244 g/mol. The number of halogens is 1. The number of aryl methyl sites for hydroxylation is 1. The molecule has 0 fully saturated rings. The summed E-state index contributed by atoms with van der Waals surface area (Å²) in [6.07, 6.45) is 2.98. The summed E-state index contributed by atoms with van der Waals surface area (Å²) in [6, 6.07) is 3.53. The lowest BCUT2D eigenvalue weighted by molar-refractivity contribution is 0.267. The van der Waals surface area contributed by atoms with Gasteiger partial charge in [0.25, 0.3) is 5.56 Å². The molecule has 2 aromatic rings. The summed E-state index contributed by atoms with van der Waals surface area (Å²) in [6.45, 7) is 2.50. The van der Waals surface area contributed by atoms with Crippen LogP contribution in [0.1, 0.15) is 12.7 Å². The second-order valence-corrected chi connectivity index (χ2v) is 3.69. The second kappa shape index (κ2) is 5.05. The Hall–Kier alpha value is -1.75. The molecule has 17 heavy (non-hydrogen) atoms. The smallest absolute Gasteiger partial charge is 0.289 e. The van der Waals surface area contributed by atoms with Crippen molar-refractivity contribution in [2.24, 2.45) is 0 Å². The molecule has 0 saturated heterocycles. The van der Waals surface area contributed by atoms with E-state index in [1.807, 2.05) is 6.92 Å². The van der Waals surface area contributed by atoms with Gasteiger partial charge in [-0.3, -0.25) is 4.79 Å². The van der Waals surface area contributed by atoms with Crippen LogP contribution in [0.2, 0.25) is 5.02 Å². The summed E-state index contributed by atoms with van der Waals surface area (Å²) in [7, 11) is 0. The molecule has 0 unspecified atom stereocenters. The van der Waals surface area contributed by atoms with Crippen LogP contribution in [0.3, 0.4) is 0 Å². The second-order valence-electron chi connectivity index (χ2n) is 3.31. The zero-order valence-electron chi connectivity index (χ0n) is 9.22. The maximum Gasteiger partial charge on any atom is 0.289 e. The Labute approximate surface area is 103 Å². The molecule has 0 saturated carbocycles. The van der Waals surface area contributed by atoms with Gasteiger partial charge in [0.15, 0.2) is 10.8 Å². The lowest BCUT2D eigenvalue weighted by Gasteiger charge is -2.07. The van der Waals surface area contributed by atoms with Gasteiger partial charge in [-0.1, -0.05) is 11.6 Å². The number of hydrogen-bond donors (Lipinski definition) is 0. The number of nitrogens with zero attached hydrogens (tertiary/aromatic N) is 2. The quantitative estimate of drug-likeness (QED) is 0.838. The van der Waals surface area contributed by atoms with Crippen molar-refractivity contribution in [2.75, 3.05) is 0 Å². The minimum atomic E-state index is -0.355. The first-order valence-corrected chi connectivity index (χ1v) is 5.51. The molecule has 0 radical (unpaired) electrons. The topological polar surface area (TPSA) is 57.3 Å². The van der Waals surface area contributed by atoms with Crippen molar-refractivity contribution in [1.29, 1.82) is 0 Å². The van der Waals surface area contributed by atoms with Crippen LogP contribution in [0.25, 0.3) is 0 Å². The van der Waals surface area contributed by atoms with E-state index in [0.717, 1.165) is 0 Å². The molecular formula is C11H11ClN2O3. The maximum atomic E-state index is 11.6. The average molecular weight is 255 g/mol. The summed E-state index contributed by atoms with van der Waals surface area (Å²) < 4.78 is 11.7. The number of aromatic nitrogens is 2. The number of ether oxygens (including phenoxy) is 1. The van der Waals surface area contributed by atoms with E-state index in [1.165, 1.54) is 10.9 Å². The van der Waals surface area contributed by atoms with Gasteiger partial charge in [0, 0.05) is 6.54 Å². The molecule has 0 amide bonds. The summed E-state index contributed by atoms with van der Waals surface area (Å²) in [5, 5.41) is 3.96. The monoisotopic (exact) mass is 254 g/mol.